The molecule has 0 radical (unpaired) electrons. The molecule has 0 aromatic heterocycles. The van der Waals surface area contributed by atoms with Crippen LogP contribution in [0.15, 0.2) is 143 Å². The standard InChI is InChI=1S/C36H26O4S/c37-29-17-5-1-11-23(29)25-15-9-21-33(35(25)27-13-3-7-19-31(27)39)41-34-22-10-16-26(24-12-2-6-18-30(24)38)36(34)28-14-4-8-20-32(28)40/h1-22,37-40H. The van der Waals surface area contributed by atoms with Gasteiger partial charge in [-0.2, -0.15) is 0 Å². The van der Waals surface area contributed by atoms with Gasteiger partial charge in [0.2, 0.25) is 0 Å². The lowest BCUT2D eigenvalue weighted by Crippen LogP contribution is -1.93. The van der Waals surface area contributed by atoms with Crippen LogP contribution < -0.4 is 0 Å². The largest absolute Gasteiger partial charge is 0.507 e. The number of rotatable bonds is 6. The summed E-state index contributed by atoms with van der Waals surface area (Å²) in [6, 6.07) is 40.3. The SMILES string of the molecule is Oc1ccccc1-c1cccc(Sc2cccc(-c3ccccc3O)c2-c2ccccc2O)c1-c1ccccc1O. The van der Waals surface area contributed by atoms with Crippen LogP contribution in [0.25, 0.3) is 44.5 Å². The molecule has 5 heteroatoms. The van der Waals surface area contributed by atoms with E-state index in [1.807, 2.05) is 84.9 Å². The van der Waals surface area contributed by atoms with Gasteiger partial charge >= 0.3 is 0 Å². The van der Waals surface area contributed by atoms with Gasteiger partial charge in [-0.1, -0.05) is 109 Å². The summed E-state index contributed by atoms with van der Waals surface area (Å²) >= 11 is 1.49. The molecule has 0 heterocycles. The van der Waals surface area contributed by atoms with E-state index in [0.717, 1.165) is 32.0 Å². The zero-order chi connectivity index (χ0) is 28.3. The molecule has 0 saturated carbocycles. The van der Waals surface area contributed by atoms with Crippen LogP contribution in [-0.4, -0.2) is 20.4 Å². The molecule has 0 amide bonds. The van der Waals surface area contributed by atoms with Crippen LogP contribution in [0.2, 0.25) is 0 Å². The van der Waals surface area contributed by atoms with E-state index in [-0.39, 0.29) is 23.0 Å². The van der Waals surface area contributed by atoms with E-state index in [9.17, 15) is 20.4 Å². The molecule has 0 aliphatic rings. The zero-order valence-electron chi connectivity index (χ0n) is 21.9. The average Bonchev–Trinajstić information content (AvgIpc) is 2.99. The van der Waals surface area contributed by atoms with Crippen molar-refractivity contribution in [3.63, 3.8) is 0 Å². The van der Waals surface area contributed by atoms with Gasteiger partial charge in [-0.05, 0) is 47.5 Å². The Balaban J connectivity index is 1.62. The smallest absolute Gasteiger partial charge is 0.123 e. The third-order valence-corrected chi connectivity index (χ3v) is 8.13. The van der Waals surface area contributed by atoms with E-state index in [2.05, 4.69) is 0 Å². The molecule has 0 aliphatic heterocycles. The fourth-order valence-electron chi connectivity index (χ4n) is 5.13. The second kappa shape index (κ2) is 11.2. The predicted molar refractivity (Wildman–Crippen MR) is 165 cm³/mol. The second-order valence-electron chi connectivity index (χ2n) is 9.53. The van der Waals surface area contributed by atoms with Crippen molar-refractivity contribution in [2.45, 2.75) is 9.79 Å². The fraction of sp³-hybridized carbons (Fsp3) is 0. The first kappa shape index (κ1) is 26.1. The van der Waals surface area contributed by atoms with Crippen molar-refractivity contribution in [1.82, 2.24) is 0 Å². The Hall–Kier alpha value is -5.13. The molecule has 41 heavy (non-hydrogen) atoms. The second-order valence-corrected chi connectivity index (χ2v) is 10.6. The van der Waals surface area contributed by atoms with Crippen molar-refractivity contribution < 1.29 is 20.4 Å². The summed E-state index contributed by atoms with van der Waals surface area (Å²) in [6.07, 6.45) is 0. The van der Waals surface area contributed by atoms with Crippen LogP contribution in [-0.2, 0) is 0 Å². The van der Waals surface area contributed by atoms with Gasteiger partial charge in [0.05, 0.1) is 0 Å². The fourth-order valence-corrected chi connectivity index (χ4v) is 6.30. The zero-order valence-corrected chi connectivity index (χ0v) is 22.7. The molecule has 0 atom stereocenters. The lowest BCUT2D eigenvalue weighted by molar-refractivity contribution is 0.476. The summed E-state index contributed by atoms with van der Waals surface area (Å²) in [5.74, 6) is 0.535. The normalized spacial score (nSPS) is 10.9. The molecule has 4 N–H and O–H groups in total. The third-order valence-electron chi connectivity index (χ3n) is 7.01. The third kappa shape index (κ3) is 4.99. The van der Waals surface area contributed by atoms with Crippen molar-refractivity contribution in [3.8, 4) is 67.5 Å². The highest BCUT2D eigenvalue weighted by molar-refractivity contribution is 7.99. The molecule has 0 bridgehead atoms. The van der Waals surface area contributed by atoms with E-state index < -0.39 is 0 Å². The molecule has 6 aromatic carbocycles. The predicted octanol–water partition coefficient (Wildman–Crippen LogP) is 9.33. The Bertz CT molecular complexity index is 1740. The minimum absolute atomic E-state index is 0.126. The molecular formula is C36H26O4S. The van der Waals surface area contributed by atoms with Crippen LogP contribution in [0.1, 0.15) is 0 Å². The first-order valence-electron chi connectivity index (χ1n) is 13.1. The number of phenols is 4. The molecule has 6 aromatic rings. The number of para-hydroxylation sites is 4. The van der Waals surface area contributed by atoms with E-state index >= 15 is 0 Å². The summed E-state index contributed by atoms with van der Waals surface area (Å²) in [5.41, 5.74) is 5.66. The minimum Gasteiger partial charge on any atom is -0.507 e. The molecule has 0 fully saturated rings. The van der Waals surface area contributed by atoms with Gasteiger partial charge in [0.15, 0.2) is 0 Å². The highest BCUT2D eigenvalue weighted by Gasteiger charge is 2.22. The molecular weight excluding hydrogens is 528 g/mol. The Kier molecular flexibility index (Phi) is 7.11. The first-order valence-corrected chi connectivity index (χ1v) is 13.9. The quantitative estimate of drug-likeness (QED) is 0.165. The molecule has 200 valence electrons. The highest BCUT2D eigenvalue weighted by Crippen LogP contribution is 2.50. The lowest BCUT2D eigenvalue weighted by atomic mass is 9.93. The molecule has 0 saturated heterocycles. The summed E-state index contributed by atoms with van der Waals surface area (Å²) < 4.78 is 0. The maximum atomic E-state index is 11.0. The number of hydrogen-bond acceptors (Lipinski definition) is 5. The van der Waals surface area contributed by atoms with Gasteiger partial charge in [0.25, 0.3) is 0 Å². The number of benzene rings is 6. The van der Waals surface area contributed by atoms with Gasteiger partial charge in [-0.3, -0.25) is 0 Å². The lowest BCUT2D eigenvalue weighted by Gasteiger charge is -2.20. The topological polar surface area (TPSA) is 80.9 Å². The monoisotopic (exact) mass is 554 g/mol. The van der Waals surface area contributed by atoms with Crippen molar-refractivity contribution in [3.05, 3.63) is 133 Å². The number of phenolic OH excluding ortho intramolecular Hbond substituents is 4. The highest BCUT2D eigenvalue weighted by atomic mass is 32.2. The Morgan fingerprint density at radius 2 is 0.585 bits per heavy atom. The molecule has 0 aliphatic carbocycles. The summed E-state index contributed by atoms with van der Waals surface area (Å²) in [5, 5.41) is 43.5. The van der Waals surface area contributed by atoms with Crippen LogP contribution in [0.5, 0.6) is 23.0 Å². The number of hydrogen-bond donors (Lipinski definition) is 4. The van der Waals surface area contributed by atoms with E-state index in [0.29, 0.717) is 22.3 Å². The molecule has 0 spiro atoms. The molecule has 0 unspecified atom stereocenters. The van der Waals surface area contributed by atoms with Crippen LogP contribution >= 0.6 is 11.8 Å². The minimum atomic E-state index is 0.126. The van der Waals surface area contributed by atoms with E-state index in [4.69, 9.17) is 0 Å². The average molecular weight is 555 g/mol. The van der Waals surface area contributed by atoms with Crippen molar-refractivity contribution >= 4 is 11.8 Å². The van der Waals surface area contributed by atoms with Gasteiger partial charge in [0.1, 0.15) is 23.0 Å². The van der Waals surface area contributed by atoms with E-state index in [1.54, 1.807) is 48.5 Å². The van der Waals surface area contributed by atoms with Crippen LogP contribution in [0.4, 0.5) is 0 Å². The van der Waals surface area contributed by atoms with Crippen LogP contribution in [0, 0.1) is 0 Å². The summed E-state index contributed by atoms with van der Waals surface area (Å²) in [4.78, 5) is 1.69. The van der Waals surface area contributed by atoms with Gasteiger partial charge in [0, 0.05) is 43.2 Å². The Labute approximate surface area is 242 Å². The van der Waals surface area contributed by atoms with Gasteiger partial charge in [-0.15, -0.1) is 0 Å². The maximum absolute atomic E-state index is 11.0. The Morgan fingerprint density at radius 3 is 0.927 bits per heavy atom. The van der Waals surface area contributed by atoms with E-state index in [1.165, 1.54) is 11.8 Å². The van der Waals surface area contributed by atoms with Gasteiger partial charge < -0.3 is 20.4 Å². The molecule has 4 nitrogen and oxygen atoms in total. The summed E-state index contributed by atoms with van der Waals surface area (Å²) in [6.45, 7) is 0. The van der Waals surface area contributed by atoms with Crippen molar-refractivity contribution in [2.24, 2.45) is 0 Å². The number of aromatic hydroxyl groups is 4. The first-order chi connectivity index (χ1) is 20.0. The van der Waals surface area contributed by atoms with Crippen molar-refractivity contribution in [1.29, 1.82) is 0 Å². The maximum Gasteiger partial charge on any atom is 0.123 e. The molecule has 6 rings (SSSR count). The Morgan fingerprint density at radius 1 is 0.293 bits per heavy atom. The van der Waals surface area contributed by atoms with Crippen molar-refractivity contribution in [2.75, 3.05) is 0 Å². The van der Waals surface area contributed by atoms with Gasteiger partial charge in [-0.25, -0.2) is 0 Å². The van der Waals surface area contributed by atoms with Crippen LogP contribution in [0.3, 0.4) is 0 Å². The summed E-state index contributed by atoms with van der Waals surface area (Å²) in [7, 11) is 0.